The van der Waals surface area contributed by atoms with E-state index in [2.05, 4.69) is 10.4 Å². The van der Waals surface area contributed by atoms with E-state index in [9.17, 15) is 40.3 Å². The number of halogens is 7. The monoisotopic (exact) mass is 373 g/mol. The lowest BCUT2D eigenvalue weighted by atomic mass is 10.1. The van der Waals surface area contributed by atoms with Gasteiger partial charge in [0.15, 0.2) is 0 Å². The van der Waals surface area contributed by atoms with Gasteiger partial charge in [-0.25, -0.2) is 5.43 Å². The smallest absolute Gasteiger partial charge is 0.326 e. The molecule has 0 aromatic heterocycles. The Morgan fingerprint density at radius 2 is 1.52 bits per heavy atom. The number of hydrogen-bond acceptors (Lipinski definition) is 3. The van der Waals surface area contributed by atoms with Gasteiger partial charge in [-0.3, -0.25) is 9.59 Å². The molecular weight excluding hydrogens is 363 g/mol. The highest BCUT2D eigenvalue weighted by atomic mass is 19.4. The second kappa shape index (κ2) is 7.07. The van der Waals surface area contributed by atoms with Crippen LogP contribution >= 0.6 is 0 Å². The fourth-order valence-electron chi connectivity index (χ4n) is 1.41. The van der Waals surface area contributed by atoms with E-state index in [0.717, 1.165) is 11.6 Å². The standard InChI is InChI=1S/C13H10F7N3O2/c1-7(24)22-9-4-2-8(3-5-9)6-21-23-10(25)11(14,15)12(16,17)13(18,19)20/h2-6H,1H3,(H,22,24)(H,23,25). The van der Waals surface area contributed by atoms with Gasteiger partial charge in [0, 0.05) is 12.6 Å². The van der Waals surface area contributed by atoms with Gasteiger partial charge < -0.3 is 5.32 Å². The van der Waals surface area contributed by atoms with Gasteiger partial charge in [0.1, 0.15) is 0 Å². The van der Waals surface area contributed by atoms with Crippen molar-refractivity contribution < 1.29 is 40.3 Å². The predicted octanol–water partition coefficient (Wildman–Crippen LogP) is 2.93. The van der Waals surface area contributed by atoms with Crippen LogP contribution in [-0.2, 0) is 9.59 Å². The molecule has 0 saturated heterocycles. The molecule has 0 aliphatic carbocycles. The summed E-state index contributed by atoms with van der Waals surface area (Å²) in [5.74, 6) is -15.9. The Morgan fingerprint density at radius 1 is 1.00 bits per heavy atom. The zero-order valence-electron chi connectivity index (χ0n) is 12.3. The van der Waals surface area contributed by atoms with Crippen molar-refractivity contribution in [3.05, 3.63) is 29.8 Å². The molecule has 0 atom stereocenters. The largest absolute Gasteiger partial charge is 0.460 e. The fraction of sp³-hybridized carbons (Fsp3) is 0.308. The molecule has 0 spiro atoms. The maximum atomic E-state index is 13.0. The first-order valence-corrected chi connectivity index (χ1v) is 6.32. The first-order chi connectivity index (χ1) is 11.3. The molecule has 1 aromatic rings. The van der Waals surface area contributed by atoms with Crippen LogP contribution in [0.3, 0.4) is 0 Å². The van der Waals surface area contributed by atoms with Gasteiger partial charge in [-0.1, -0.05) is 12.1 Å². The van der Waals surface area contributed by atoms with Gasteiger partial charge in [0.05, 0.1) is 6.21 Å². The van der Waals surface area contributed by atoms with Gasteiger partial charge in [0.2, 0.25) is 5.91 Å². The Labute approximate surface area is 135 Å². The van der Waals surface area contributed by atoms with E-state index < -0.39 is 23.9 Å². The Bertz CT molecular complexity index is 669. The van der Waals surface area contributed by atoms with Crippen LogP contribution in [-0.4, -0.2) is 36.1 Å². The number of hydrogen-bond donors (Lipinski definition) is 2. The van der Waals surface area contributed by atoms with Crippen LogP contribution < -0.4 is 10.7 Å². The van der Waals surface area contributed by atoms with Gasteiger partial charge in [-0.05, 0) is 17.7 Å². The number of anilines is 1. The van der Waals surface area contributed by atoms with Crippen molar-refractivity contribution in [1.82, 2.24) is 5.43 Å². The number of amides is 2. The van der Waals surface area contributed by atoms with Crippen LogP contribution in [0.25, 0.3) is 0 Å². The number of nitrogens with one attached hydrogen (secondary N) is 2. The Kier molecular flexibility index (Phi) is 5.76. The second-order valence-corrected chi connectivity index (χ2v) is 4.65. The normalized spacial score (nSPS) is 13.0. The Balaban J connectivity index is 2.78. The third kappa shape index (κ3) is 4.67. The van der Waals surface area contributed by atoms with E-state index in [0.29, 0.717) is 5.69 Å². The number of alkyl halides is 7. The molecule has 12 heteroatoms. The zero-order chi connectivity index (χ0) is 19.5. The number of carbonyl (C=O) groups is 2. The van der Waals surface area contributed by atoms with E-state index in [-0.39, 0.29) is 11.5 Å². The minimum Gasteiger partial charge on any atom is -0.326 e. The van der Waals surface area contributed by atoms with Crippen molar-refractivity contribution in [1.29, 1.82) is 0 Å². The summed E-state index contributed by atoms with van der Waals surface area (Å²) in [7, 11) is 0. The molecule has 0 saturated carbocycles. The molecule has 2 amide bonds. The van der Waals surface area contributed by atoms with Crippen molar-refractivity contribution in [2.45, 2.75) is 24.9 Å². The highest BCUT2D eigenvalue weighted by molar-refractivity contribution is 5.90. The molecular formula is C13H10F7N3O2. The Morgan fingerprint density at radius 3 is 1.96 bits per heavy atom. The maximum Gasteiger partial charge on any atom is 0.460 e. The SMILES string of the molecule is CC(=O)Nc1ccc(C=NNC(=O)C(F)(F)C(F)(F)C(F)(F)F)cc1. The molecule has 1 rings (SSSR count). The van der Waals surface area contributed by atoms with Crippen LogP contribution in [0.4, 0.5) is 36.4 Å². The van der Waals surface area contributed by atoms with E-state index in [1.54, 1.807) is 0 Å². The number of carbonyl (C=O) groups excluding carboxylic acids is 2. The summed E-state index contributed by atoms with van der Waals surface area (Å²) in [4.78, 5) is 21.7. The minimum atomic E-state index is -6.61. The maximum absolute atomic E-state index is 13.0. The number of rotatable bonds is 5. The molecule has 25 heavy (non-hydrogen) atoms. The highest BCUT2D eigenvalue weighted by Crippen LogP contribution is 2.46. The summed E-state index contributed by atoms with van der Waals surface area (Å²) in [6.07, 6.45) is -5.88. The fourth-order valence-corrected chi connectivity index (χ4v) is 1.41. The van der Waals surface area contributed by atoms with E-state index >= 15 is 0 Å². The number of benzene rings is 1. The van der Waals surface area contributed by atoms with Crippen LogP contribution in [0, 0.1) is 0 Å². The first kappa shape index (κ1) is 20.4. The zero-order valence-corrected chi connectivity index (χ0v) is 12.3. The summed E-state index contributed by atoms with van der Waals surface area (Å²) in [6.45, 7) is 1.25. The molecule has 0 unspecified atom stereocenters. The summed E-state index contributed by atoms with van der Waals surface area (Å²) in [6, 6.07) is 5.36. The minimum absolute atomic E-state index is 0.181. The van der Waals surface area contributed by atoms with E-state index in [1.807, 2.05) is 0 Å². The Hall–Kier alpha value is -2.66. The van der Waals surface area contributed by atoms with Gasteiger partial charge in [-0.15, -0.1) is 0 Å². The lowest BCUT2D eigenvalue weighted by molar-refractivity contribution is -0.344. The molecule has 0 radical (unpaired) electrons. The van der Waals surface area contributed by atoms with E-state index in [4.69, 9.17) is 0 Å². The van der Waals surface area contributed by atoms with Crippen LogP contribution in [0.15, 0.2) is 29.4 Å². The van der Waals surface area contributed by atoms with E-state index in [1.165, 1.54) is 31.2 Å². The lowest BCUT2D eigenvalue weighted by Gasteiger charge is -2.26. The molecule has 0 bridgehead atoms. The van der Waals surface area contributed by atoms with Gasteiger partial charge >= 0.3 is 23.9 Å². The van der Waals surface area contributed by atoms with Crippen LogP contribution in [0.2, 0.25) is 0 Å². The summed E-state index contributed by atoms with van der Waals surface area (Å²) < 4.78 is 87.0. The van der Waals surface area contributed by atoms with Crippen molar-refractivity contribution in [2.24, 2.45) is 5.10 Å². The highest BCUT2D eigenvalue weighted by Gasteiger charge is 2.76. The molecule has 138 valence electrons. The first-order valence-electron chi connectivity index (χ1n) is 6.32. The second-order valence-electron chi connectivity index (χ2n) is 4.65. The topological polar surface area (TPSA) is 70.6 Å². The van der Waals surface area contributed by atoms with Crippen LogP contribution in [0.5, 0.6) is 0 Å². The average Bonchev–Trinajstić information content (AvgIpc) is 2.47. The van der Waals surface area contributed by atoms with Crippen molar-refractivity contribution in [3.63, 3.8) is 0 Å². The quantitative estimate of drug-likeness (QED) is 0.473. The van der Waals surface area contributed by atoms with Crippen molar-refractivity contribution in [2.75, 3.05) is 5.32 Å². The molecule has 5 nitrogen and oxygen atoms in total. The molecule has 0 fully saturated rings. The molecule has 0 aliphatic heterocycles. The van der Waals surface area contributed by atoms with Gasteiger partial charge in [0.25, 0.3) is 0 Å². The predicted molar refractivity (Wildman–Crippen MR) is 72.4 cm³/mol. The van der Waals surface area contributed by atoms with Gasteiger partial charge in [-0.2, -0.15) is 35.8 Å². The molecule has 0 heterocycles. The van der Waals surface area contributed by atoms with Crippen molar-refractivity contribution in [3.8, 4) is 0 Å². The summed E-state index contributed by atoms with van der Waals surface area (Å²) in [5.41, 5.74) is 1.49. The van der Waals surface area contributed by atoms with Crippen LogP contribution in [0.1, 0.15) is 12.5 Å². The third-order valence-electron chi connectivity index (χ3n) is 2.65. The number of hydrazone groups is 1. The summed E-state index contributed by atoms with van der Waals surface area (Å²) in [5, 5.41) is 5.32. The third-order valence-corrected chi connectivity index (χ3v) is 2.65. The van der Waals surface area contributed by atoms with Crippen molar-refractivity contribution >= 4 is 23.7 Å². The summed E-state index contributed by atoms with van der Waals surface area (Å²) >= 11 is 0. The molecule has 2 N–H and O–H groups in total. The molecule has 1 aromatic carbocycles. The molecule has 0 aliphatic rings. The number of nitrogens with zero attached hydrogens (tertiary/aromatic N) is 1. The lowest BCUT2D eigenvalue weighted by Crippen LogP contribution is -2.58. The average molecular weight is 373 g/mol.